The number of methoxy groups -OCH3 is 1. The van der Waals surface area contributed by atoms with Crippen molar-refractivity contribution in [3.05, 3.63) is 83.3 Å². The number of nitrogens with one attached hydrogen (secondary N) is 2. The zero-order chi connectivity index (χ0) is 19.2. The Hall–Kier alpha value is -3.54. The molecule has 0 aliphatic rings. The Bertz CT molecular complexity index is 949. The van der Waals surface area contributed by atoms with Gasteiger partial charge in [-0.1, -0.05) is 18.2 Å². The molecule has 0 aliphatic carbocycles. The Balaban J connectivity index is 1.68. The minimum Gasteiger partial charge on any atom is -0.497 e. The molecule has 3 aromatic rings. The number of amides is 2. The molecule has 27 heavy (non-hydrogen) atoms. The summed E-state index contributed by atoms with van der Waals surface area (Å²) in [7, 11) is 1.60. The van der Waals surface area contributed by atoms with Gasteiger partial charge in [0.2, 0.25) is 0 Å². The van der Waals surface area contributed by atoms with Crippen molar-refractivity contribution in [1.29, 1.82) is 0 Å². The van der Waals surface area contributed by atoms with Crippen LogP contribution in [-0.2, 0) is 6.54 Å². The molecule has 6 nitrogen and oxygen atoms in total. The molecular weight excluding hydrogens is 344 g/mol. The van der Waals surface area contributed by atoms with Gasteiger partial charge in [0.25, 0.3) is 11.8 Å². The van der Waals surface area contributed by atoms with Crippen LogP contribution in [0.2, 0.25) is 0 Å². The third kappa shape index (κ3) is 4.55. The summed E-state index contributed by atoms with van der Waals surface area (Å²) in [6.45, 7) is 2.23. The molecule has 1 heterocycles. The lowest BCUT2D eigenvalue weighted by atomic mass is 10.1. The fourth-order valence-corrected chi connectivity index (χ4v) is 2.56. The number of carbonyl (C=O) groups is 2. The maximum absolute atomic E-state index is 12.5. The van der Waals surface area contributed by atoms with Crippen molar-refractivity contribution in [3.8, 4) is 5.75 Å². The van der Waals surface area contributed by atoms with Gasteiger partial charge in [0.15, 0.2) is 5.76 Å². The Morgan fingerprint density at radius 1 is 1.04 bits per heavy atom. The summed E-state index contributed by atoms with van der Waals surface area (Å²) in [4.78, 5) is 24.6. The zero-order valence-electron chi connectivity index (χ0n) is 15.1. The van der Waals surface area contributed by atoms with E-state index in [-0.39, 0.29) is 17.6 Å². The molecule has 0 radical (unpaired) electrons. The first-order chi connectivity index (χ1) is 13.1. The number of hydrogen-bond donors (Lipinski definition) is 2. The summed E-state index contributed by atoms with van der Waals surface area (Å²) in [6.07, 6.45) is 1.43. The van der Waals surface area contributed by atoms with E-state index in [2.05, 4.69) is 10.6 Å². The fourth-order valence-electron chi connectivity index (χ4n) is 2.56. The number of hydrogen-bond acceptors (Lipinski definition) is 4. The molecule has 0 unspecified atom stereocenters. The van der Waals surface area contributed by atoms with Crippen LogP contribution in [0.1, 0.15) is 32.0 Å². The van der Waals surface area contributed by atoms with Crippen LogP contribution in [0, 0.1) is 6.92 Å². The number of anilines is 1. The summed E-state index contributed by atoms with van der Waals surface area (Å²) in [5.74, 6) is 0.352. The van der Waals surface area contributed by atoms with Crippen LogP contribution in [0.4, 0.5) is 5.69 Å². The Kier molecular flexibility index (Phi) is 5.56. The lowest BCUT2D eigenvalue weighted by molar-refractivity contribution is 0.0949. The predicted molar refractivity (Wildman–Crippen MR) is 102 cm³/mol. The molecule has 0 fully saturated rings. The molecule has 0 saturated carbocycles. The Morgan fingerprint density at radius 3 is 2.63 bits per heavy atom. The highest BCUT2D eigenvalue weighted by Crippen LogP contribution is 2.19. The van der Waals surface area contributed by atoms with E-state index in [0.29, 0.717) is 17.8 Å². The van der Waals surface area contributed by atoms with Crippen molar-refractivity contribution in [2.45, 2.75) is 13.5 Å². The van der Waals surface area contributed by atoms with E-state index < -0.39 is 0 Å². The van der Waals surface area contributed by atoms with Gasteiger partial charge < -0.3 is 19.8 Å². The number of carbonyl (C=O) groups excluding carboxylic acids is 2. The number of furan rings is 1. The van der Waals surface area contributed by atoms with Gasteiger partial charge in [0.05, 0.1) is 13.4 Å². The lowest BCUT2D eigenvalue weighted by Crippen LogP contribution is -2.23. The third-order valence-corrected chi connectivity index (χ3v) is 4.08. The largest absolute Gasteiger partial charge is 0.497 e. The average Bonchev–Trinajstić information content (AvgIpc) is 3.23. The second kappa shape index (κ2) is 8.23. The number of benzene rings is 2. The van der Waals surface area contributed by atoms with Crippen LogP contribution >= 0.6 is 0 Å². The standard InChI is InChI=1S/C21H20N2O4/c1-14-8-9-16(12-18(14)23-21(25)19-7-4-10-27-19)20(24)22-13-15-5-3-6-17(11-15)26-2/h3-12H,13H2,1-2H3,(H,22,24)(H,23,25). The van der Waals surface area contributed by atoms with Gasteiger partial charge >= 0.3 is 0 Å². The SMILES string of the molecule is COc1cccc(CNC(=O)c2ccc(C)c(NC(=O)c3ccco3)c2)c1. The van der Waals surface area contributed by atoms with Crippen molar-refractivity contribution < 1.29 is 18.7 Å². The highest BCUT2D eigenvalue weighted by atomic mass is 16.5. The highest BCUT2D eigenvalue weighted by molar-refractivity contribution is 6.03. The van der Waals surface area contributed by atoms with Gasteiger partial charge in [-0.25, -0.2) is 0 Å². The van der Waals surface area contributed by atoms with Gasteiger partial charge in [-0.3, -0.25) is 9.59 Å². The van der Waals surface area contributed by atoms with Crippen LogP contribution in [0.25, 0.3) is 0 Å². The first-order valence-electron chi connectivity index (χ1n) is 8.43. The summed E-state index contributed by atoms with van der Waals surface area (Å²) in [5, 5.41) is 5.64. The molecule has 0 bridgehead atoms. The smallest absolute Gasteiger partial charge is 0.291 e. The third-order valence-electron chi connectivity index (χ3n) is 4.08. The average molecular weight is 364 g/mol. The molecule has 138 valence electrons. The van der Waals surface area contributed by atoms with Gasteiger partial charge in [-0.05, 0) is 54.4 Å². The molecule has 6 heteroatoms. The summed E-state index contributed by atoms with van der Waals surface area (Å²) in [6, 6.07) is 15.9. The predicted octanol–water partition coefficient (Wildman–Crippen LogP) is 3.78. The molecule has 0 saturated heterocycles. The summed E-state index contributed by atoms with van der Waals surface area (Å²) >= 11 is 0. The van der Waals surface area contributed by atoms with E-state index in [0.717, 1.165) is 16.9 Å². The number of rotatable bonds is 6. The highest BCUT2D eigenvalue weighted by Gasteiger charge is 2.13. The fraction of sp³-hybridized carbons (Fsp3) is 0.143. The second-order valence-corrected chi connectivity index (χ2v) is 6.00. The molecule has 1 aromatic heterocycles. The van der Waals surface area contributed by atoms with Gasteiger partial charge in [-0.2, -0.15) is 0 Å². The van der Waals surface area contributed by atoms with Crippen LogP contribution in [-0.4, -0.2) is 18.9 Å². The maximum atomic E-state index is 12.5. The van der Waals surface area contributed by atoms with Gasteiger partial charge in [-0.15, -0.1) is 0 Å². The quantitative estimate of drug-likeness (QED) is 0.697. The van der Waals surface area contributed by atoms with E-state index in [1.807, 2.05) is 31.2 Å². The molecule has 2 aromatic carbocycles. The van der Waals surface area contributed by atoms with Crippen LogP contribution < -0.4 is 15.4 Å². The van der Waals surface area contributed by atoms with E-state index in [4.69, 9.17) is 9.15 Å². The van der Waals surface area contributed by atoms with E-state index in [9.17, 15) is 9.59 Å². The van der Waals surface area contributed by atoms with Crippen LogP contribution in [0.3, 0.4) is 0 Å². The van der Waals surface area contributed by atoms with Crippen molar-refractivity contribution in [2.24, 2.45) is 0 Å². The molecular formula is C21H20N2O4. The Labute approximate surface area is 157 Å². The summed E-state index contributed by atoms with van der Waals surface area (Å²) in [5.41, 5.74) is 2.80. The first kappa shape index (κ1) is 18.3. The van der Waals surface area contributed by atoms with Gasteiger partial charge in [0, 0.05) is 17.8 Å². The summed E-state index contributed by atoms with van der Waals surface area (Å²) < 4.78 is 10.3. The topological polar surface area (TPSA) is 80.6 Å². The van der Waals surface area contributed by atoms with Crippen molar-refractivity contribution in [1.82, 2.24) is 5.32 Å². The van der Waals surface area contributed by atoms with Crippen LogP contribution in [0.15, 0.2) is 65.3 Å². The first-order valence-corrected chi connectivity index (χ1v) is 8.43. The van der Waals surface area contributed by atoms with Crippen molar-refractivity contribution in [3.63, 3.8) is 0 Å². The normalized spacial score (nSPS) is 10.3. The van der Waals surface area contributed by atoms with Crippen molar-refractivity contribution >= 4 is 17.5 Å². The van der Waals surface area contributed by atoms with E-state index in [1.165, 1.54) is 6.26 Å². The monoisotopic (exact) mass is 364 g/mol. The van der Waals surface area contributed by atoms with Crippen molar-refractivity contribution in [2.75, 3.05) is 12.4 Å². The minimum atomic E-state index is -0.364. The maximum Gasteiger partial charge on any atom is 0.291 e. The zero-order valence-corrected chi connectivity index (χ0v) is 15.1. The van der Waals surface area contributed by atoms with E-state index >= 15 is 0 Å². The lowest BCUT2D eigenvalue weighted by Gasteiger charge is -2.11. The van der Waals surface area contributed by atoms with Crippen LogP contribution in [0.5, 0.6) is 5.75 Å². The molecule has 0 spiro atoms. The molecule has 0 atom stereocenters. The Morgan fingerprint density at radius 2 is 1.89 bits per heavy atom. The van der Waals surface area contributed by atoms with Gasteiger partial charge in [0.1, 0.15) is 5.75 Å². The second-order valence-electron chi connectivity index (χ2n) is 6.00. The molecule has 0 aliphatic heterocycles. The minimum absolute atomic E-state index is 0.210. The molecule has 2 N–H and O–H groups in total. The molecule has 3 rings (SSSR count). The number of ether oxygens (including phenoxy) is 1. The number of aryl methyl sites for hydroxylation is 1. The van der Waals surface area contributed by atoms with E-state index in [1.54, 1.807) is 37.4 Å². The molecule has 2 amide bonds.